The smallest absolute Gasteiger partial charge is 0.0324 e. The zero-order valence-electron chi connectivity index (χ0n) is 9.15. The Balaban J connectivity index is 2.08. The van der Waals surface area contributed by atoms with Crippen LogP contribution in [0.5, 0.6) is 0 Å². The Morgan fingerprint density at radius 1 is 1.13 bits per heavy atom. The van der Waals surface area contributed by atoms with Gasteiger partial charge in [0.15, 0.2) is 0 Å². The quantitative estimate of drug-likeness (QED) is 0.728. The van der Waals surface area contributed by atoms with E-state index in [0.29, 0.717) is 5.92 Å². The summed E-state index contributed by atoms with van der Waals surface area (Å²) < 4.78 is 0. The van der Waals surface area contributed by atoms with Crippen molar-refractivity contribution in [3.05, 3.63) is 29.8 Å². The van der Waals surface area contributed by atoms with Crippen molar-refractivity contribution in [2.45, 2.75) is 38.1 Å². The molecule has 4 N–H and O–H groups in total. The van der Waals surface area contributed by atoms with Gasteiger partial charge in [-0.15, -0.1) is 0 Å². The van der Waals surface area contributed by atoms with Crippen molar-refractivity contribution in [2.75, 3.05) is 5.73 Å². The highest BCUT2D eigenvalue weighted by Crippen LogP contribution is 2.33. The average Bonchev–Trinajstić information content (AvgIpc) is 2.29. The molecule has 0 amide bonds. The highest BCUT2D eigenvalue weighted by Gasteiger charge is 2.21. The minimum Gasteiger partial charge on any atom is -0.399 e. The van der Waals surface area contributed by atoms with Gasteiger partial charge in [0.05, 0.1) is 0 Å². The van der Waals surface area contributed by atoms with E-state index in [-0.39, 0.29) is 6.04 Å². The minimum absolute atomic E-state index is 0.175. The van der Waals surface area contributed by atoms with E-state index in [0.717, 1.165) is 5.69 Å². The maximum atomic E-state index is 6.28. The summed E-state index contributed by atoms with van der Waals surface area (Å²) in [5.74, 6) is 0.653. The maximum Gasteiger partial charge on any atom is 0.0324 e. The van der Waals surface area contributed by atoms with Gasteiger partial charge in [-0.25, -0.2) is 0 Å². The summed E-state index contributed by atoms with van der Waals surface area (Å²) in [5.41, 5.74) is 14.1. The number of hydrogen-bond acceptors (Lipinski definition) is 2. The molecular weight excluding hydrogens is 184 g/mol. The van der Waals surface area contributed by atoms with Crippen molar-refractivity contribution in [1.82, 2.24) is 0 Å². The Kier molecular flexibility index (Phi) is 3.27. The lowest BCUT2D eigenvalue weighted by atomic mass is 9.81. The van der Waals surface area contributed by atoms with E-state index in [4.69, 9.17) is 11.5 Å². The van der Waals surface area contributed by atoms with E-state index in [9.17, 15) is 0 Å². The summed E-state index contributed by atoms with van der Waals surface area (Å²) >= 11 is 0. The molecule has 0 radical (unpaired) electrons. The van der Waals surface area contributed by atoms with Crippen LogP contribution in [0.3, 0.4) is 0 Å². The van der Waals surface area contributed by atoms with Crippen molar-refractivity contribution in [2.24, 2.45) is 11.7 Å². The normalized spacial score (nSPS) is 20.1. The molecule has 0 spiro atoms. The molecule has 2 rings (SSSR count). The van der Waals surface area contributed by atoms with Crippen molar-refractivity contribution < 1.29 is 0 Å². The molecule has 1 atom stereocenters. The predicted molar refractivity (Wildman–Crippen MR) is 64.4 cm³/mol. The highest BCUT2D eigenvalue weighted by molar-refractivity contribution is 5.41. The van der Waals surface area contributed by atoms with Crippen LogP contribution in [0.25, 0.3) is 0 Å². The maximum absolute atomic E-state index is 6.28. The first-order chi connectivity index (χ1) is 7.27. The topological polar surface area (TPSA) is 52.0 Å². The first-order valence-corrected chi connectivity index (χ1v) is 5.88. The van der Waals surface area contributed by atoms with Gasteiger partial charge in [-0.1, -0.05) is 31.4 Å². The molecule has 1 aliphatic carbocycles. The largest absolute Gasteiger partial charge is 0.399 e. The van der Waals surface area contributed by atoms with E-state index >= 15 is 0 Å². The summed E-state index contributed by atoms with van der Waals surface area (Å²) in [7, 11) is 0. The van der Waals surface area contributed by atoms with Crippen molar-refractivity contribution >= 4 is 5.69 Å². The third-order valence-corrected chi connectivity index (χ3v) is 3.45. The number of hydrogen-bond donors (Lipinski definition) is 2. The zero-order chi connectivity index (χ0) is 10.7. The van der Waals surface area contributed by atoms with Crippen LogP contribution in [-0.4, -0.2) is 0 Å². The molecule has 1 aromatic rings. The van der Waals surface area contributed by atoms with Crippen molar-refractivity contribution in [3.63, 3.8) is 0 Å². The van der Waals surface area contributed by atoms with E-state index in [1.165, 1.54) is 37.7 Å². The Morgan fingerprint density at radius 2 is 1.87 bits per heavy atom. The molecule has 1 saturated carbocycles. The molecule has 0 bridgehead atoms. The van der Waals surface area contributed by atoms with Crippen molar-refractivity contribution in [1.29, 1.82) is 0 Å². The summed E-state index contributed by atoms with van der Waals surface area (Å²) in [6, 6.07) is 8.19. The summed E-state index contributed by atoms with van der Waals surface area (Å²) in [6.07, 6.45) is 6.59. The lowest BCUT2D eigenvalue weighted by Gasteiger charge is -2.27. The van der Waals surface area contributed by atoms with Gasteiger partial charge in [-0.05, 0) is 36.5 Å². The second kappa shape index (κ2) is 4.67. The van der Waals surface area contributed by atoms with Crippen LogP contribution in [-0.2, 0) is 0 Å². The fourth-order valence-electron chi connectivity index (χ4n) is 2.53. The second-order valence-electron chi connectivity index (χ2n) is 4.59. The Hall–Kier alpha value is -1.02. The Morgan fingerprint density at radius 3 is 2.53 bits per heavy atom. The van der Waals surface area contributed by atoms with E-state index in [1.807, 2.05) is 18.2 Å². The fourth-order valence-corrected chi connectivity index (χ4v) is 2.53. The second-order valence-corrected chi connectivity index (χ2v) is 4.59. The monoisotopic (exact) mass is 204 g/mol. The standard InChI is InChI=1S/C13H20N2/c14-12-8-4-7-11(9-12)13(15)10-5-2-1-3-6-10/h4,7-10,13H,1-3,5-6,14-15H2. The lowest BCUT2D eigenvalue weighted by Crippen LogP contribution is -2.23. The predicted octanol–water partition coefficient (Wildman–Crippen LogP) is 2.85. The lowest BCUT2D eigenvalue weighted by molar-refractivity contribution is 0.308. The van der Waals surface area contributed by atoms with Crippen LogP contribution in [0, 0.1) is 5.92 Å². The van der Waals surface area contributed by atoms with E-state index < -0.39 is 0 Å². The van der Waals surface area contributed by atoms with Gasteiger partial charge in [0.25, 0.3) is 0 Å². The molecule has 2 nitrogen and oxygen atoms in total. The van der Waals surface area contributed by atoms with Gasteiger partial charge in [0.2, 0.25) is 0 Å². The Labute approximate surface area is 91.7 Å². The van der Waals surface area contributed by atoms with Gasteiger partial charge in [-0.3, -0.25) is 0 Å². The molecule has 0 aromatic heterocycles. The number of nitrogens with two attached hydrogens (primary N) is 2. The van der Waals surface area contributed by atoms with Gasteiger partial charge < -0.3 is 11.5 Å². The molecule has 0 aliphatic heterocycles. The first-order valence-electron chi connectivity index (χ1n) is 5.88. The molecule has 1 aromatic carbocycles. The van der Waals surface area contributed by atoms with Crippen LogP contribution < -0.4 is 11.5 Å². The molecular formula is C13H20N2. The van der Waals surface area contributed by atoms with Crippen LogP contribution in [0.4, 0.5) is 5.69 Å². The molecule has 1 aliphatic rings. The summed E-state index contributed by atoms with van der Waals surface area (Å²) in [5, 5.41) is 0. The third kappa shape index (κ3) is 2.51. The molecule has 0 saturated heterocycles. The average molecular weight is 204 g/mol. The highest BCUT2D eigenvalue weighted by atomic mass is 14.7. The van der Waals surface area contributed by atoms with E-state index in [2.05, 4.69) is 6.07 Å². The zero-order valence-corrected chi connectivity index (χ0v) is 9.15. The molecule has 2 heteroatoms. The van der Waals surface area contributed by atoms with Crippen LogP contribution in [0.1, 0.15) is 43.7 Å². The molecule has 1 fully saturated rings. The van der Waals surface area contributed by atoms with Gasteiger partial charge >= 0.3 is 0 Å². The molecule has 1 unspecified atom stereocenters. The van der Waals surface area contributed by atoms with Gasteiger partial charge in [0, 0.05) is 11.7 Å². The summed E-state index contributed by atoms with van der Waals surface area (Å²) in [4.78, 5) is 0. The summed E-state index contributed by atoms with van der Waals surface area (Å²) in [6.45, 7) is 0. The third-order valence-electron chi connectivity index (χ3n) is 3.45. The van der Waals surface area contributed by atoms with Gasteiger partial charge in [0.1, 0.15) is 0 Å². The number of rotatable bonds is 2. The van der Waals surface area contributed by atoms with E-state index in [1.54, 1.807) is 0 Å². The van der Waals surface area contributed by atoms with Crippen LogP contribution in [0.2, 0.25) is 0 Å². The number of nitrogen functional groups attached to an aromatic ring is 1. The number of benzene rings is 1. The van der Waals surface area contributed by atoms with Crippen LogP contribution >= 0.6 is 0 Å². The molecule has 82 valence electrons. The van der Waals surface area contributed by atoms with Crippen LogP contribution in [0.15, 0.2) is 24.3 Å². The first kappa shape index (κ1) is 10.5. The Bertz CT molecular complexity index is 316. The minimum atomic E-state index is 0.175. The van der Waals surface area contributed by atoms with Crippen molar-refractivity contribution in [3.8, 4) is 0 Å². The fraction of sp³-hybridized carbons (Fsp3) is 0.538. The van der Waals surface area contributed by atoms with Gasteiger partial charge in [-0.2, -0.15) is 0 Å². The molecule has 0 heterocycles. The SMILES string of the molecule is Nc1cccc(C(N)C2CCCCC2)c1. The molecule has 15 heavy (non-hydrogen) atoms. The number of anilines is 1.